The molecule has 4 heteroatoms. The molecule has 0 radical (unpaired) electrons. The fraction of sp³-hybridized carbons (Fsp3) is 0.308. The summed E-state index contributed by atoms with van der Waals surface area (Å²) in [6.45, 7) is 5.29. The Bertz CT molecular complexity index is 418. The van der Waals surface area contributed by atoms with Crippen LogP contribution >= 0.6 is 0 Å². The van der Waals surface area contributed by atoms with Crippen molar-refractivity contribution >= 4 is 11.6 Å². The highest BCUT2D eigenvalue weighted by atomic mass is 19.1. The molecule has 0 aliphatic rings. The van der Waals surface area contributed by atoms with Crippen molar-refractivity contribution in [1.82, 2.24) is 5.32 Å². The summed E-state index contributed by atoms with van der Waals surface area (Å²) in [5, 5.41) is 5.53. The maximum absolute atomic E-state index is 13.3. The summed E-state index contributed by atoms with van der Waals surface area (Å²) >= 11 is 0. The zero-order chi connectivity index (χ0) is 12.8. The molecular weight excluding hydrogens is 219 g/mol. The van der Waals surface area contributed by atoms with Crippen LogP contribution in [0.4, 0.5) is 10.1 Å². The normalized spacial score (nSPS) is 11.7. The van der Waals surface area contributed by atoms with Gasteiger partial charge in [0.2, 0.25) is 5.91 Å². The minimum absolute atomic E-state index is 0.147. The highest BCUT2D eigenvalue weighted by Crippen LogP contribution is 2.15. The second-order valence-corrected chi connectivity index (χ2v) is 3.80. The maximum Gasteiger partial charge on any atom is 0.242 e. The predicted molar refractivity (Wildman–Crippen MR) is 67.4 cm³/mol. The summed E-state index contributed by atoms with van der Waals surface area (Å²) in [4.78, 5) is 11.5. The second kappa shape index (κ2) is 6.03. The average molecular weight is 236 g/mol. The van der Waals surface area contributed by atoms with Crippen molar-refractivity contribution in [3.05, 3.63) is 42.2 Å². The highest BCUT2D eigenvalue weighted by Gasteiger charge is 2.15. The summed E-state index contributed by atoms with van der Waals surface area (Å²) in [7, 11) is 1.57. The van der Waals surface area contributed by atoms with E-state index in [1.165, 1.54) is 6.07 Å². The van der Waals surface area contributed by atoms with Crippen LogP contribution in [-0.2, 0) is 4.79 Å². The van der Waals surface area contributed by atoms with E-state index in [4.69, 9.17) is 0 Å². The molecule has 0 saturated heterocycles. The standard InChI is InChI=1S/C13H17FN2O/c1-4-5-12(13(17)15-3)16-10-7-6-9(2)11(14)8-10/h4,6-8,12,16H,1,5H2,2-3H3,(H,15,17). The molecule has 17 heavy (non-hydrogen) atoms. The number of aryl methyl sites for hydroxylation is 1. The van der Waals surface area contributed by atoms with Crippen molar-refractivity contribution in [1.29, 1.82) is 0 Å². The first-order valence-electron chi connectivity index (χ1n) is 5.43. The molecule has 0 aliphatic heterocycles. The molecule has 1 amide bonds. The Morgan fingerprint density at radius 1 is 1.59 bits per heavy atom. The molecule has 1 unspecified atom stereocenters. The van der Waals surface area contributed by atoms with E-state index in [9.17, 15) is 9.18 Å². The van der Waals surface area contributed by atoms with E-state index in [1.54, 1.807) is 32.2 Å². The van der Waals surface area contributed by atoms with E-state index in [0.717, 1.165) is 0 Å². The lowest BCUT2D eigenvalue weighted by molar-refractivity contribution is -0.121. The van der Waals surface area contributed by atoms with Crippen molar-refractivity contribution in [3.63, 3.8) is 0 Å². The van der Waals surface area contributed by atoms with E-state index in [2.05, 4.69) is 17.2 Å². The van der Waals surface area contributed by atoms with Gasteiger partial charge in [-0.25, -0.2) is 4.39 Å². The zero-order valence-corrected chi connectivity index (χ0v) is 10.1. The summed E-state index contributed by atoms with van der Waals surface area (Å²) in [6.07, 6.45) is 2.13. The Morgan fingerprint density at radius 3 is 2.82 bits per heavy atom. The molecule has 92 valence electrons. The van der Waals surface area contributed by atoms with E-state index < -0.39 is 6.04 Å². The minimum Gasteiger partial charge on any atom is -0.373 e. The average Bonchev–Trinajstić information content (AvgIpc) is 2.32. The van der Waals surface area contributed by atoms with Crippen LogP contribution in [0.2, 0.25) is 0 Å². The molecule has 1 aromatic rings. The van der Waals surface area contributed by atoms with Crippen LogP contribution in [0, 0.1) is 12.7 Å². The van der Waals surface area contributed by atoms with E-state index in [1.807, 2.05) is 0 Å². The third kappa shape index (κ3) is 3.59. The van der Waals surface area contributed by atoms with Gasteiger partial charge in [0.25, 0.3) is 0 Å². The quantitative estimate of drug-likeness (QED) is 0.770. The Hall–Kier alpha value is -1.84. The summed E-state index contributed by atoms with van der Waals surface area (Å²) in [5.74, 6) is -0.435. The SMILES string of the molecule is C=CCC(Nc1ccc(C)c(F)c1)C(=O)NC. The van der Waals surface area contributed by atoms with Gasteiger partial charge in [-0.2, -0.15) is 0 Å². The first-order chi connectivity index (χ1) is 8.08. The van der Waals surface area contributed by atoms with Gasteiger partial charge in [-0.1, -0.05) is 12.1 Å². The molecule has 0 fully saturated rings. The molecular formula is C13H17FN2O. The lowest BCUT2D eigenvalue weighted by Crippen LogP contribution is -2.37. The van der Waals surface area contributed by atoms with Crippen LogP contribution in [0.5, 0.6) is 0 Å². The first kappa shape index (κ1) is 13.2. The molecule has 2 N–H and O–H groups in total. The number of carbonyl (C=O) groups is 1. The molecule has 0 aromatic heterocycles. The molecule has 0 bridgehead atoms. The Morgan fingerprint density at radius 2 is 2.29 bits per heavy atom. The van der Waals surface area contributed by atoms with Crippen LogP contribution in [0.15, 0.2) is 30.9 Å². The van der Waals surface area contributed by atoms with Crippen LogP contribution in [-0.4, -0.2) is 19.0 Å². The van der Waals surface area contributed by atoms with Crippen molar-refractivity contribution < 1.29 is 9.18 Å². The highest BCUT2D eigenvalue weighted by molar-refractivity contribution is 5.84. The molecule has 0 aliphatic carbocycles. The number of carbonyl (C=O) groups excluding carboxylic acids is 1. The van der Waals surface area contributed by atoms with Gasteiger partial charge in [0, 0.05) is 12.7 Å². The number of rotatable bonds is 5. The Labute approximate surface area is 101 Å². The van der Waals surface area contributed by atoms with Gasteiger partial charge in [0.15, 0.2) is 0 Å². The fourth-order valence-electron chi connectivity index (χ4n) is 1.46. The number of amides is 1. The van der Waals surface area contributed by atoms with Crippen molar-refractivity contribution in [2.75, 3.05) is 12.4 Å². The lowest BCUT2D eigenvalue weighted by atomic mass is 10.1. The number of likely N-dealkylation sites (N-methyl/N-ethyl adjacent to an activating group) is 1. The van der Waals surface area contributed by atoms with Crippen LogP contribution in [0.3, 0.4) is 0 Å². The van der Waals surface area contributed by atoms with Gasteiger partial charge in [-0.15, -0.1) is 6.58 Å². The fourth-order valence-corrected chi connectivity index (χ4v) is 1.46. The second-order valence-electron chi connectivity index (χ2n) is 3.80. The van der Waals surface area contributed by atoms with Crippen LogP contribution in [0.25, 0.3) is 0 Å². The van der Waals surface area contributed by atoms with E-state index in [0.29, 0.717) is 17.7 Å². The number of hydrogen-bond acceptors (Lipinski definition) is 2. The molecule has 0 saturated carbocycles. The summed E-state index contributed by atoms with van der Waals surface area (Å²) in [5.41, 5.74) is 1.17. The van der Waals surface area contributed by atoms with Crippen molar-refractivity contribution in [2.24, 2.45) is 0 Å². The molecule has 1 aromatic carbocycles. The molecule has 0 heterocycles. The number of benzene rings is 1. The molecule has 1 rings (SSSR count). The molecule has 3 nitrogen and oxygen atoms in total. The number of hydrogen-bond donors (Lipinski definition) is 2. The molecule has 0 spiro atoms. The predicted octanol–water partition coefficient (Wildman–Crippen LogP) is 2.24. The topological polar surface area (TPSA) is 41.1 Å². The van der Waals surface area contributed by atoms with Crippen LogP contribution in [0.1, 0.15) is 12.0 Å². The van der Waals surface area contributed by atoms with E-state index >= 15 is 0 Å². The van der Waals surface area contributed by atoms with E-state index in [-0.39, 0.29) is 11.7 Å². The van der Waals surface area contributed by atoms with Gasteiger partial charge in [0.05, 0.1) is 0 Å². The van der Waals surface area contributed by atoms with Gasteiger partial charge in [-0.05, 0) is 31.0 Å². The van der Waals surface area contributed by atoms with Gasteiger partial charge in [0.1, 0.15) is 11.9 Å². The molecule has 1 atom stereocenters. The summed E-state index contributed by atoms with van der Waals surface area (Å²) in [6, 6.07) is 4.37. The van der Waals surface area contributed by atoms with Crippen molar-refractivity contribution in [2.45, 2.75) is 19.4 Å². The maximum atomic E-state index is 13.3. The third-order valence-corrected chi connectivity index (χ3v) is 2.48. The largest absolute Gasteiger partial charge is 0.373 e. The number of nitrogens with one attached hydrogen (secondary N) is 2. The smallest absolute Gasteiger partial charge is 0.242 e. The lowest BCUT2D eigenvalue weighted by Gasteiger charge is -2.17. The van der Waals surface area contributed by atoms with Gasteiger partial charge >= 0.3 is 0 Å². The summed E-state index contributed by atoms with van der Waals surface area (Å²) < 4.78 is 13.3. The minimum atomic E-state index is -0.431. The third-order valence-electron chi connectivity index (χ3n) is 2.48. The Kier molecular flexibility index (Phi) is 4.69. The van der Waals surface area contributed by atoms with Gasteiger partial charge < -0.3 is 10.6 Å². The van der Waals surface area contributed by atoms with Crippen LogP contribution < -0.4 is 10.6 Å². The number of anilines is 1. The van der Waals surface area contributed by atoms with Crippen molar-refractivity contribution in [3.8, 4) is 0 Å². The van der Waals surface area contributed by atoms with Gasteiger partial charge in [-0.3, -0.25) is 4.79 Å². The number of halogens is 1. The Balaban J connectivity index is 2.81. The zero-order valence-electron chi connectivity index (χ0n) is 10.1. The first-order valence-corrected chi connectivity index (χ1v) is 5.43. The monoisotopic (exact) mass is 236 g/mol.